The van der Waals surface area contributed by atoms with Crippen LogP contribution in [0.25, 0.3) is 0 Å². The van der Waals surface area contributed by atoms with E-state index in [1.165, 1.54) is 11.1 Å². The van der Waals surface area contributed by atoms with Gasteiger partial charge < -0.3 is 19.3 Å². The summed E-state index contributed by atoms with van der Waals surface area (Å²) in [5, 5.41) is 9.77. The Morgan fingerprint density at radius 3 is 2.88 bits per heavy atom. The van der Waals surface area contributed by atoms with Crippen LogP contribution in [0, 0.1) is 0 Å². The van der Waals surface area contributed by atoms with Gasteiger partial charge in [0.15, 0.2) is 0 Å². The third kappa shape index (κ3) is 3.09. The number of phenolic OH excluding ortho intramolecular Hbond substituents is 1. The average molecular weight is 354 g/mol. The van der Waals surface area contributed by atoms with Gasteiger partial charge in [0.25, 0.3) is 0 Å². The summed E-state index contributed by atoms with van der Waals surface area (Å²) >= 11 is 0. The Hall–Kier alpha value is -2.36. The van der Waals surface area contributed by atoms with Crippen molar-refractivity contribution in [2.75, 3.05) is 13.2 Å². The van der Waals surface area contributed by atoms with Crippen LogP contribution in [0.3, 0.4) is 0 Å². The van der Waals surface area contributed by atoms with Crippen LogP contribution >= 0.6 is 0 Å². The fourth-order valence-electron chi connectivity index (χ4n) is 3.95. The lowest BCUT2D eigenvalue weighted by Crippen LogP contribution is -2.33. The van der Waals surface area contributed by atoms with E-state index >= 15 is 0 Å². The molecule has 0 radical (unpaired) electrons. The molecule has 1 unspecified atom stereocenters. The van der Waals surface area contributed by atoms with Crippen LogP contribution in [0.4, 0.5) is 0 Å². The molecule has 0 aliphatic carbocycles. The smallest absolute Gasteiger partial charge is 0.129 e. The fraction of sp³-hybridized carbons (Fsp3) is 0.455. The quantitative estimate of drug-likeness (QED) is 0.874. The van der Waals surface area contributed by atoms with Crippen molar-refractivity contribution in [3.05, 3.63) is 47.0 Å². The van der Waals surface area contributed by atoms with Gasteiger partial charge >= 0.3 is 0 Å². The van der Waals surface area contributed by atoms with Crippen molar-refractivity contribution in [2.24, 2.45) is 0 Å². The standard InChI is InChI=1S/C22H26O4/c1-4-24-20-12-16(23)6-7-17(20)15-11-14-5-8-19-18(21(14)25-13-15)9-10-22(2,3)26-19/h5-8,12,15,23H,4,9-11,13H2,1-3H3. The maximum atomic E-state index is 9.77. The topological polar surface area (TPSA) is 47.9 Å². The van der Waals surface area contributed by atoms with Gasteiger partial charge in [-0.3, -0.25) is 0 Å². The first-order valence-corrected chi connectivity index (χ1v) is 9.39. The van der Waals surface area contributed by atoms with Crippen LogP contribution < -0.4 is 14.2 Å². The third-order valence-electron chi connectivity index (χ3n) is 5.29. The van der Waals surface area contributed by atoms with Gasteiger partial charge in [0.1, 0.15) is 28.6 Å². The van der Waals surface area contributed by atoms with E-state index in [4.69, 9.17) is 14.2 Å². The number of phenols is 1. The summed E-state index contributed by atoms with van der Waals surface area (Å²) in [6.45, 7) is 7.39. The molecule has 0 fully saturated rings. The first-order chi connectivity index (χ1) is 12.5. The molecular weight excluding hydrogens is 328 g/mol. The van der Waals surface area contributed by atoms with E-state index in [9.17, 15) is 5.11 Å². The predicted molar refractivity (Wildman–Crippen MR) is 101 cm³/mol. The molecular formula is C22H26O4. The van der Waals surface area contributed by atoms with Gasteiger partial charge in [0.05, 0.1) is 13.2 Å². The van der Waals surface area contributed by atoms with Crippen LogP contribution in [-0.4, -0.2) is 23.9 Å². The summed E-state index contributed by atoms with van der Waals surface area (Å²) in [7, 11) is 0. The molecule has 4 heteroatoms. The molecule has 4 nitrogen and oxygen atoms in total. The van der Waals surface area contributed by atoms with Crippen molar-refractivity contribution in [3.8, 4) is 23.0 Å². The lowest BCUT2D eigenvalue weighted by molar-refractivity contribution is 0.0826. The maximum Gasteiger partial charge on any atom is 0.129 e. The molecule has 138 valence electrons. The van der Waals surface area contributed by atoms with Gasteiger partial charge in [-0.05, 0) is 57.7 Å². The Morgan fingerprint density at radius 2 is 2.08 bits per heavy atom. The largest absolute Gasteiger partial charge is 0.508 e. The molecule has 26 heavy (non-hydrogen) atoms. The Kier molecular flexibility index (Phi) is 4.22. The Bertz CT molecular complexity index is 825. The van der Waals surface area contributed by atoms with Crippen molar-refractivity contribution in [1.29, 1.82) is 0 Å². The molecule has 0 saturated carbocycles. The molecule has 2 aliphatic heterocycles. The van der Waals surface area contributed by atoms with E-state index in [0.717, 1.165) is 42.1 Å². The second-order valence-electron chi connectivity index (χ2n) is 7.76. The minimum atomic E-state index is -0.114. The number of aromatic hydroxyl groups is 1. The van der Waals surface area contributed by atoms with Gasteiger partial charge in [0.2, 0.25) is 0 Å². The summed E-state index contributed by atoms with van der Waals surface area (Å²) < 4.78 is 18.1. The SMILES string of the molecule is CCOc1cc(O)ccc1C1COc2c(ccc3c2CCC(C)(C)O3)C1. The minimum absolute atomic E-state index is 0.114. The molecule has 2 heterocycles. The zero-order valence-electron chi connectivity index (χ0n) is 15.7. The molecule has 2 aromatic carbocycles. The Balaban J connectivity index is 1.64. The summed E-state index contributed by atoms with van der Waals surface area (Å²) in [5.74, 6) is 3.14. The van der Waals surface area contributed by atoms with E-state index in [-0.39, 0.29) is 17.3 Å². The van der Waals surface area contributed by atoms with E-state index in [1.54, 1.807) is 12.1 Å². The molecule has 0 bridgehead atoms. The van der Waals surface area contributed by atoms with Gasteiger partial charge in [-0.25, -0.2) is 0 Å². The van der Waals surface area contributed by atoms with E-state index in [0.29, 0.717) is 13.2 Å². The molecule has 0 aromatic heterocycles. The van der Waals surface area contributed by atoms with Gasteiger partial charge in [-0.2, -0.15) is 0 Å². The van der Waals surface area contributed by atoms with Crippen molar-refractivity contribution in [2.45, 2.75) is 51.6 Å². The van der Waals surface area contributed by atoms with Crippen molar-refractivity contribution in [1.82, 2.24) is 0 Å². The normalized spacial score (nSPS) is 20.3. The number of benzene rings is 2. The van der Waals surface area contributed by atoms with E-state index in [2.05, 4.69) is 26.0 Å². The summed E-state index contributed by atoms with van der Waals surface area (Å²) in [6, 6.07) is 9.57. The zero-order valence-corrected chi connectivity index (χ0v) is 15.7. The highest BCUT2D eigenvalue weighted by atomic mass is 16.5. The van der Waals surface area contributed by atoms with Crippen molar-refractivity contribution in [3.63, 3.8) is 0 Å². The highest BCUT2D eigenvalue weighted by Crippen LogP contribution is 2.45. The van der Waals surface area contributed by atoms with E-state index in [1.807, 2.05) is 13.0 Å². The monoisotopic (exact) mass is 354 g/mol. The predicted octanol–water partition coefficient (Wildman–Crippen LogP) is 4.61. The highest BCUT2D eigenvalue weighted by Gasteiger charge is 2.32. The van der Waals surface area contributed by atoms with E-state index < -0.39 is 0 Å². The van der Waals surface area contributed by atoms with Crippen molar-refractivity contribution < 1.29 is 19.3 Å². The van der Waals surface area contributed by atoms with Gasteiger partial charge in [-0.1, -0.05) is 12.1 Å². The van der Waals surface area contributed by atoms with Gasteiger partial charge in [-0.15, -0.1) is 0 Å². The first-order valence-electron chi connectivity index (χ1n) is 9.39. The molecule has 2 aromatic rings. The lowest BCUT2D eigenvalue weighted by Gasteiger charge is -2.36. The molecule has 0 saturated heterocycles. The summed E-state index contributed by atoms with van der Waals surface area (Å²) in [4.78, 5) is 0. The van der Waals surface area contributed by atoms with Crippen LogP contribution in [0.1, 0.15) is 49.8 Å². The fourth-order valence-corrected chi connectivity index (χ4v) is 3.95. The summed E-state index contributed by atoms with van der Waals surface area (Å²) in [5.41, 5.74) is 3.40. The number of fused-ring (bicyclic) bond motifs is 3. The number of ether oxygens (including phenoxy) is 3. The highest BCUT2D eigenvalue weighted by molar-refractivity contribution is 5.54. The minimum Gasteiger partial charge on any atom is -0.508 e. The molecule has 0 amide bonds. The van der Waals surface area contributed by atoms with Gasteiger partial charge in [0, 0.05) is 23.1 Å². The van der Waals surface area contributed by atoms with Crippen molar-refractivity contribution >= 4 is 0 Å². The van der Waals surface area contributed by atoms with Crippen LogP contribution in [0.2, 0.25) is 0 Å². The van der Waals surface area contributed by atoms with Crippen LogP contribution in [0.15, 0.2) is 30.3 Å². The second-order valence-corrected chi connectivity index (χ2v) is 7.76. The summed E-state index contributed by atoms with van der Waals surface area (Å²) in [6.07, 6.45) is 2.88. The maximum absolute atomic E-state index is 9.77. The molecule has 1 atom stereocenters. The first kappa shape index (κ1) is 17.1. The average Bonchev–Trinajstić information content (AvgIpc) is 2.60. The number of hydrogen-bond donors (Lipinski definition) is 1. The Morgan fingerprint density at radius 1 is 1.23 bits per heavy atom. The third-order valence-corrected chi connectivity index (χ3v) is 5.29. The zero-order chi connectivity index (χ0) is 18.3. The molecule has 2 aliphatic rings. The number of rotatable bonds is 3. The van der Waals surface area contributed by atoms with Crippen LogP contribution in [0.5, 0.6) is 23.0 Å². The molecule has 0 spiro atoms. The second kappa shape index (κ2) is 6.42. The molecule has 4 rings (SSSR count). The molecule has 1 N–H and O–H groups in total. The number of hydrogen-bond acceptors (Lipinski definition) is 4. The lowest BCUT2D eigenvalue weighted by atomic mass is 9.86. The Labute approximate surface area is 154 Å². The van der Waals surface area contributed by atoms with Crippen LogP contribution in [-0.2, 0) is 12.8 Å².